The molecule has 0 aliphatic carbocycles. The number of nitrogen functional groups attached to an aromatic ring is 1. The second-order valence-electron chi connectivity index (χ2n) is 3.15. The summed E-state index contributed by atoms with van der Waals surface area (Å²) < 4.78 is 5.45. The van der Waals surface area contributed by atoms with Gasteiger partial charge in [0.2, 0.25) is 0 Å². The fourth-order valence-corrected chi connectivity index (χ4v) is 1.28. The predicted octanol–water partition coefficient (Wildman–Crippen LogP) is 2.99. The largest absolute Gasteiger partial charge is 0.491 e. The van der Waals surface area contributed by atoms with Crippen molar-refractivity contribution in [3.63, 3.8) is 0 Å². The van der Waals surface area contributed by atoms with Crippen molar-refractivity contribution in [1.82, 2.24) is 0 Å². The number of rotatable bonds is 5. The van der Waals surface area contributed by atoms with Gasteiger partial charge in [-0.2, -0.15) is 5.26 Å². The van der Waals surface area contributed by atoms with Gasteiger partial charge in [-0.25, -0.2) is 0 Å². The Kier molecular flexibility index (Phi) is 4.79. The number of anilines is 1. The molecule has 0 heterocycles. The highest BCUT2D eigenvalue weighted by atomic mass is 35.5. The quantitative estimate of drug-likeness (QED) is 0.618. The lowest BCUT2D eigenvalue weighted by molar-refractivity contribution is 0.309. The van der Waals surface area contributed by atoms with E-state index in [1.54, 1.807) is 18.2 Å². The topological polar surface area (TPSA) is 59.0 Å². The van der Waals surface area contributed by atoms with Crippen LogP contribution in [0.2, 0.25) is 5.02 Å². The molecule has 15 heavy (non-hydrogen) atoms. The monoisotopic (exact) mass is 224 g/mol. The van der Waals surface area contributed by atoms with Crippen molar-refractivity contribution in [1.29, 1.82) is 5.26 Å². The number of halogens is 1. The predicted molar refractivity (Wildman–Crippen MR) is 60.8 cm³/mol. The number of ether oxygens (including phenoxy) is 1. The van der Waals surface area contributed by atoms with E-state index in [0.29, 0.717) is 29.5 Å². The van der Waals surface area contributed by atoms with Crippen LogP contribution in [0.5, 0.6) is 5.75 Å². The molecule has 0 saturated heterocycles. The molecular formula is C11H13ClN2O. The first-order valence-electron chi connectivity index (χ1n) is 4.79. The van der Waals surface area contributed by atoms with Crippen LogP contribution in [0.25, 0.3) is 0 Å². The third-order valence-corrected chi connectivity index (χ3v) is 2.15. The molecule has 0 aliphatic rings. The van der Waals surface area contributed by atoms with Gasteiger partial charge in [-0.05, 0) is 25.0 Å². The molecule has 80 valence electrons. The molecular weight excluding hydrogens is 212 g/mol. The highest BCUT2D eigenvalue weighted by Crippen LogP contribution is 2.25. The number of nitrogens with two attached hydrogens (primary N) is 1. The molecule has 0 bridgehead atoms. The highest BCUT2D eigenvalue weighted by molar-refractivity contribution is 6.30. The summed E-state index contributed by atoms with van der Waals surface area (Å²) in [5.74, 6) is 0.611. The molecule has 0 saturated carbocycles. The Balaban J connectivity index is 2.37. The van der Waals surface area contributed by atoms with Crippen molar-refractivity contribution >= 4 is 17.3 Å². The molecule has 0 amide bonds. The third-order valence-electron chi connectivity index (χ3n) is 1.92. The first-order valence-corrected chi connectivity index (χ1v) is 5.16. The van der Waals surface area contributed by atoms with Crippen LogP contribution in [-0.2, 0) is 0 Å². The molecule has 0 aliphatic heterocycles. The van der Waals surface area contributed by atoms with Gasteiger partial charge in [0.25, 0.3) is 0 Å². The van der Waals surface area contributed by atoms with Crippen LogP contribution >= 0.6 is 11.6 Å². The first-order chi connectivity index (χ1) is 7.24. The molecule has 1 aromatic rings. The Morgan fingerprint density at radius 2 is 2.20 bits per heavy atom. The van der Waals surface area contributed by atoms with E-state index in [9.17, 15) is 0 Å². The number of unbranched alkanes of at least 4 members (excludes halogenated alkanes) is 2. The molecule has 1 rings (SSSR count). The summed E-state index contributed by atoms with van der Waals surface area (Å²) in [5.41, 5.74) is 6.28. The van der Waals surface area contributed by atoms with Crippen LogP contribution in [-0.4, -0.2) is 6.61 Å². The SMILES string of the molecule is N#CCCCCOc1cc(Cl)ccc1N. The van der Waals surface area contributed by atoms with Gasteiger partial charge in [0.1, 0.15) is 5.75 Å². The lowest BCUT2D eigenvalue weighted by atomic mass is 10.2. The molecule has 0 spiro atoms. The summed E-state index contributed by atoms with van der Waals surface area (Å²) in [6.45, 7) is 0.562. The minimum atomic E-state index is 0.562. The van der Waals surface area contributed by atoms with Crippen molar-refractivity contribution in [3.05, 3.63) is 23.2 Å². The number of nitriles is 1. The van der Waals surface area contributed by atoms with Gasteiger partial charge in [0.05, 0.1) is 18.4 Å². The Hall–Kier alpha value is -1.40. The summed E-state index contributed by atoms with van der Waals surface area (Å²) in [6.07, 6.45) is 2.25. The van der Waals surface area contributed by atoms with Gasteiger partial charge in [-0.1, -0.05) is 11.6 Å². The van der Waals surface area contributed by atoms with Crippen molar-refractivity contribution in [2.45, 2.75) is 19.3 Å². The number of hydrogen-bond acceptors (Lipinski definition) is 3. The summed E-state index contributed by atoms with van der Waals surface area (Å²) in [5, 5.41) is 8.94. The van der Waals surface area contributed by atoms with E-state index >= 15 is 0 Å². The fourth-order valence-electron chi connectivity index (χ4n) is 1.12. The minimum Gasteiger partial charge on any atom is -0.491 e. The Morgan fingerprint density at radius 3 is 2.93 bits per heavy atom. The first kappa shape index (κ1) is 11.7. The molecule has 0 fully saturated rings. The van der Waals surface area contributed by atoms with Crippen LogP contribution in [0.4, 0.5) is 5.69 Å². The third kappa shape index (κ3) is 4.09. The van der Waals surface area contributed by atoms with Crippen molar-refractivity contribution in [2.75, 3.05) is 12.3 Å². The van der Waals surface area contributed by atoms with Gasteiger partial charge in [-0.3, -0.25) is 0 Å². The highest BCUT2D eigenvalue weighted by Gasteiger charge is 2.00. The molecule has 0 atom stereocenters. The Labute approximate surface area is 94.4 Å². The van der Waals surface area contributed by atoms with Crippen LogP contribution < -0.4 is 10.5 Å². The molecule has 0 aromatic heterocycles. The normalized spacial score (nSPS) is 9.60. The van der Waals surface area contributed by atoms with E-state index in [1.807, 2.05) is 0 Å². The molecule has 0 radical (unpaired) electrons. The average molecular weight is 225 g/mol. The van der Waals surface area contributed by atoms with Crippen molar-refractivity contribution in [3.8, 4) is 11.8 Å². The molecule has 4 heteroatoms. The van der Waals surface area contributed by atoms with Gasteiger partial charge < -0.3 is 10.5 Å². The Morgan fingerprint density at radius 1 is 1.40 bits per heavy atom. The summed E-state index contributed by atoms with van der Waals surface area (Å²) in [6, 6.07) is 7.22. The van der Waals surface area contributed by atoms with E-state index in [4.69, 9.17) is 27.3 Å². The second-order valence-corrected chi connectivity index (χ2v) is 3.58. The number of nitrogens with zero attached hydrogens (tertiary/aromatic N) is 1. The van der Waals surface area contributed by atoms with E-state index in [-0.39, 0.29) is 0 Å². The maximum atomic E-state index is 8.33. The molecule has 1 aromatic carbocycles. The van der Waals surface area contributed by atoms with Crippen LogP contribution in [0.3, 0.4) is 0 Å². The molecule has 3 nitrogen and oxygen atoms in total. The summed E-state index contributed by atoms with van der Waals surface area (Å²) in [7, 11) is 0. The number of benzene rings is 1. The van der Waals surface area contributed by atoms with Crippen LogP contribution in [0, 0.1) is 11.3 Å². The number of hydrogen-bond donors (Lipinski definition) is 1. The summed E-state index contributed by atoms with van der Waals surface area (Å²) in [4.78, 5) is 0. The lowest BCUT2D eigenvalue weighted by Crippen LogP contribution is -2.00. The van der Waals surface area contributed by atoms with E-state index in [0.717, 1.165) is 12.8 Å². The van der Waals surface area contributed by atoms with Gasteiger partial charge in [0.15, 0.2) is 0 Å². The maximum Gasteiger partial charge on any atom is 0.143 e. The van der Waals surface area contributed by atoms with Crippen molar-refractivity contribution in [2.24, 2.45) is 0 Å². The average Bonchev–Trinajstić information content (AvgIpc) is 2.23. The standard InChI is InChI=1S/C11H13ClN2O/c12-9-4-5-10(14)11(8-9)15-7-3-1-2-6-13/h4-5,8H,1-3,7,14H2. The molecule has 2 N–H and O–H groups in total. The fraction of sp³-hybridized carbons (Fsp3) is 0.364. The Bertz CT molecular complexity index is 360. The van der Waals surface area contributed by atoms with E-state index < -0.39 is 0 Å². The second kappa shape index (κ2) is 6.15. The summed E-state index contributed by atoms with van der Waals surface area (Å²) >= 11 is 5.80. The minimum absolute atomic E-state index is 0.562. The lowest BCUT2D eigenvalue weighted by Gasteiger charge is -2.08. The van der Waals surface area contributed by atoms with Gasteiger partial charge in [0, 0.05) is 17.5 Å². The zero-order valence-electron chi connectivity index (χ0n) is 8.37. The van der Waals surface area contributed by atoms with Crippen LogP contribution in [0.1, 0.15) is 19.3 Å². The maximum absolute atomic E-state index is 8.33. The zero-order chi connectivity index (χ0) is 11.1. The zero-order valence-corrected chi connectivity index (χ0v) is 9.13. The van der Waals surface area contributed by atoms with Gasteiger partial charge >= 0.3 is 0 Å². The smallest absolute Gasteiger partial charge is 0.143 e. The van der Waals surface area contributed by atoms with Crippen LogP contribution in [0.15, 0.2) is 18.2 Å². The van der Waals surface area contributed by atoms with Gasteiger partial charge in [-0.15, -0.1) is 0 Å². The van der Waals surface area contributed by atoms with E-state index in [2.05, 4.69) is 6.07 Å². The van der Waals surface area contributed by atoms with E-state index in [1.165, 1.54) is 0 Å². The van der Waals surface area contributed by atoms with Crippen molar-refractivity contribution < 1.29 is 4.74 Å². The molecule has 0 unspecified atom stereocenters.